The van der Waals surface area contributed by atoms with Crippen molar-refractivity contribution in [2.75, 3.05) is 18.4 Å². The van der Waals surface area contributed by atoms with Gasteiger partial charge in [0.1, 0.15) is 5.82 Å². The fourth-order valence-corrected chi connectivity index (χ4v) is 2.41. The second kappa shape index (κ2) is 4.97. The van der Waals surface area contributed by atoms with Gasteiger partial charge < -0.3 is 10.6 Å². The predicted molar refractivity (Wildman–Crippen MR) is 70.3 cm³/mol. The van der Waals surface area contributed by atoms with Crippen LogP contribution in [0, 0.1) is 11.7 Å². The van der Waals surface area contributed by atoms with Gasteiger partial charge in [-0.15, -0.1) is 0 Å². The van der Waals surface area contributed by atoms with E-state index in [2.05, 4.69) is 20.8 Å². The minimum absolute atomic E-state index is 0.0766. The average molecular weight is 262 g/mol. The van der Waals surface area contributed by atoms with E-state index < -0.39 is 0 Å². The van der Waals surface area contributed by atoms with Gasteiger partial charge >= 0.3 is 0 Å². The maximum absolute atomic E-state index is 13.7. The number of carbonyl (C=O) groups excluding carboxylic acids is 1. The lowest BCUT2D eigenvalue weighted by Crippen LogP contribution is -2.37. The van der Waals surface area contributed by atoms with Crippen LogP contribution in [0.5, 0.6) is 0 Å². The Morgan fingerprint density at radius 1 is 1.47 bits per heavy atom. The number of benzene rings is 1. The summed E-state index contributed by atoms with van der Waals surface area (Å²) < 4.78 is 13.7. The van der Waals surface area contributed by atoms with E-state index in [9.17, 15) is 9.18 Å². The summed E-state index contributed by atoms with van der Waals surface area (Å²) in [5.41, 5.74) is 0.581. The predicted octanol–water partition coefficient (Wildman–Crippen LogP) is 1.64. The van der Waals surface area contributed by atoms with Crippen molar-refractivity contribution in [2.45, 2.75) is 12.8 Å². The molecule has 5 nitrogen and oxygen atoms in total. The SMILES string of the molecule is O=C(Nc1n[nH]c2cccc(F)c12)C1CCCNC1. The topological polar surface area (TPSA) is 69.8 Å². The van der Waals surface area contributed by atoms with Crippen LogP contribution in [0.2, 0.25) is 0 Å². The molecule has 3 rings (SSSR count). The molecular weight excluding hydrogens is 247 g/mol. The van der Waals surface area contributed by atoms with Crippen LogP contribution in [0.3, 0.4) is 0 Å². The van der Waals surface area contributed by atoms with E-state index in [0.29, 0.717) is 17.4 Å². The van der Waals surface area contributed by atoms with Gasteiger partial charge in [-0.05, 0) is 31.5 Å². The van der Waals surface area contributed by atoms with Gasteiger partial charge in [0.15, 0.2) is 5.82 Å². The second-order valence-electron chi connectivity index (χ2n) is 4.77. The van der Waals surface area contributed by atoms with Crippen molar-refractivity contribution in [2.24, 2.45) is 5.92 Å². The van der Waals surface area contributed by atoms with Crippen molar-refractivity contribution in [3.05, 3.63) is 24.0 Å². The molecule has 1 saturated heterocycles. The van der Waals surface area contributed by atoms with Crippen LogP contribution in [0.25, 0.3) is 10.9 Å². The van der Waals surface area contributed by atoms with Crippen LogP contribution in [-0.4, -0.2) is 29.2 Å². The quantitative estimate of drug-likeness (QED) is 0.770. The summed E-state index contributed by atoms with van der Waals surface area (Å²) in [5.74, 6) is -0.303. The molecule has 1 atom stereocenters. The zero-order valence-electron chi connectivity index (χ0n) is 10.4. The monoisotopic (exact) mass is 262 g/mol. The molecule has 1 amide bonds. The Balaban J connectivity index is 1.83. The van der Waals surface area contributed by atoms with Gasteiger partial charge in [-0.3, -0.25) is 9.89 Å². The lowest BCUT2D eigenvalue weighted by atomic mass is 9.99. The Kier molecular flexibility index (Phi) is 3.16. The fourth-order valence-electron chi connectivity index (χ4n) is 2.41. The number of nitrogens with zero attached hydrogens (tertiary/aromatic N) is 1. The van der Waals surface area contributed by atoms with Crippen molar-refractivity contribution >= 4 is 22.6 Å². The summed E-state index contributed by atoms with van der Waals surface area (Å²) in [6.45, 7) is 1.61. The summed E-state index contributed by atoms with van der Waals surface area (Å²) in [7, 11) is 0. The highest BCUT2D eigenvalue weighted by Crippen LogP contribution is 2.24. The molecule has 100 valence electrons. The molecule has 0 saturated carbocycles. The molecule has 19 heavy (non-hydrogen) atoms. The molecule has 0 radical (unpaired) electrons. The third-order valence-corrected chi connectivity index (χ3v) is 3.45. The first kappa shape index (κ1) is 12.1. The third kappa shape index (κ3) is 2.31. The standard InChI is InChI=1S/C13H15FN4O/c14-9-4-1-5-10-11(9)12(18-17-10)16-13(19)8-3-2-6-15-7-8/h1,4-5,8,15H,2-3,6-7H2,(H2,16,17,18,19). The number of carbonyl (C=O) groups is 1. The molecule has 2 heterocycles. The lowest BCUT2D eigenvalue weighted by molar-refractivity contribution is -0.120. The smallest absolute Gasteiger partial charge is 0.229 e. The van der Waals surface area contributed by atoms with Gasteiger partial charge in [-0.25, -0.2) is 4.39 Å². The number of H-pyrrole nitrogens is 1. The molecule has 1 fully saturated rings. The summed E-state index contributed by atoms with van der Waals surface area (Å²) >= 11 is 0. The van der Waals surface area contributed by atoms with Crippen molar-refractivity contribution in [1.82, 2.24) is 15.5 Å². The Bertz CT molecular complexity index is 604. The Morgan fingerprint density at radius 2 is 2.37 bits per heavy atom. The van der Waals surface area contributed by atoms with Crippen molar-refractivity contribution < 1.29 is 9.18 Å². The van der Waals surface area contributed by atoms with Gasteiger partial charge in [0.05, 0.1) is 16.8 Å². The molecule has 2 aromatic rings. The van der Waals surface area contributed by atoms with Crippen LogP contribution >= 0.6 is 0 Å². The van der Waals surface area contributed by atoms with E-state index in [1.807, 2.05) is 0 Å². The van der Waals surface area contributed by atoms with Crippen LogP contribution in [0.15, 0.2) is 18.2 Å². The highest BCUT2D eigenvalue weighted by Gasteiger charge is 2.22. The highest BCUT2D eigenvalue weighted by molar-refractivity contribution is 6.00. The van der Waals surface area contributed by atoms with E-state index in [-0.39, 0.29) is 23.5 Å². The van der Waals surface area contributed by atoms with Crippen LogP contribution in [0.4, 0.5) is 10.2 Å². The normalized spacial score (nSPS) is 19.5. The highest BCUT2D eigenvalue weighted by atomic mass is 19.1. The fraction of sp³-hybridized carbons (Fsp3) is 0.385. The van der Waals surface area contributed by atoms with Gasteiger partial charge in [0.25, 0.3) is 0 Å². The van der Waals surface area contributed by atoms with Crippen LogP contribution < -0.4 is 10.6 Å². The van der Waals surface area contributed by atoms with E-state index in [4.69, 9.17) is 0 Å². The number of piperidine rings is 1. The zero-order chi connectivity index (χ0) is 13.2. The molecule has 1 aromatic heterocycles. The van der Waals surface area contributed by atoms with Gasteiger partial charge in [0.2, 0.25) is 5.91 Å². The first-order chi connectivity index (χ1) is 9.25. The minimum atomic E-state index is -0.386. The number of rotatable bonds is 2. The van der Waals surface area contributed by atoms with Crippen LogP contribution in [0.1, 0.15) is 12.8 Å². The molecular formula is C13H15FN4O. The summed E-state index contributed by atoms with van der Waals surface area (Å²) in [6.07, 6.45) is 1.83. The Morgan fingerprint density at radius 3 is 3.16 bits per heavy atom. The summed E-state index contributed by atoms with van der Waals surface area (Å²) in [6, 6.07) is 4.69. The number of anilines is 1. The molecule has 1 aliphatic rings. The molecule has 1 unspecified atom stereocenters. The first-order valence-electron chi connectivity index (χ1n) is 6.40. The number of aromatic nitrogens is 2. The molecule has 0 aliphatic carbocycles. The average Bonchev–Trinajstić information content (AvgIpc) is 2.84. The number of hydrogen-bond acceptors (Lipinski definition) is 3. The third-order valence-electron chi connectivity index (χ3n) is 3.45. The number of halogens is 1. The van der Waals surface area contributed by atoms with Gasteiger partial charge in [-0.2, -0.15) is 5.10 Å². The summed E-state index contributed by atoms with van der Waals surface area (Å²) in [4.78, 5) is 12.1. The molecule has 1 aliphatic heterocycles. The van der Waals surface area contributed by atoms with Crippen molar-refractivity contribution in [3.63, 3.8) is 0 Å². The Hall–Kier alpha value is -1.95. The maximum Gasteiger partial charge on any atom is 0.229 e. The molecule has 0 bridgehead atoms. The number of nitrogens with one attached hydrogen (secondary N) is 3. The number of fused-ring (bicyclic) bond motifs is 1. The molecule has 3 N–H and O–H groups in total. The minimum Gasteiger partial charge on any atom is -0.316 e. The number of aromatic amines is 1. The van der Waals surface area contributed by atoms with E-state index >= 15 is 0 Å². The van der Waals surface area contributed by atoms with E-state index in [0.717, 1.165) is 19.4 Å². The molecule has 0 spiro atoms. The van der Waals surface area contributed by atoms with Gasteiger partial charge in [0, 0.05) is 6.54 Å². The second-order valence-corrected chi connectivity index (χ2v) is 4.77. The largest absolute Gasteiger partial charge is 0.316 e. The Labute approximate surface area is 109 Å². The van der Waals surface area contributed by atoms with Crippen molar-refractivity contribution in [1.29, 1.82) is 0 Å². The maximum atomic E-state index is 13.7. The number of amides is 1. The van der Waals surface area contributed by atoms with Crippen LogP contribution in [-0.2, 0) is 4.79 Å². The van der Waals surface area contributed by atoms with E-state index in [1.54, 1.807) is 12.1 Å². The van der Waals surface area contributed by atoms with Gasteiger partial charge in [-0.1, -0.05) is 6.07 Å². The first-order valence-corrected chi connectivity index (χ1v) is 6.40. The zero-order valence-corrected chi connectivity index (χ0v) is 10.4. The molecule has 1 aromatic carbocycles. The van der Waals surface area contributed by atoms with Crippen molar-refractivity contribution in [3.8, 4) is 0 Å². The number of hydrogen-bond donors (Lipinski definition) is 3. The lowest BCUT2D eigenvalue weighted by Gasteiger charge is -2.21. The van der Waals surface area contributed by atoms with E-state index in [1.165, 1.54) is 6.07 Å². The summed E-state index contributed by atoms with van der Waals surface area (Å²) in [5, 5.41) is 12.9. The molecule has 6 heteroatoms.